The van der Waals surface area contributed by atoms with Gasteiger partial charge in [0.25, 0.3) is 5.91 Å². The summed E-state index contributed by atoms with van der Waals surface area (Å²) in [6, 6.07) is 12.7. The molecule has 0 atom stereocenters. The third-order valence-electron chi connectivity index (χ3n) is 4.42. The number of hydrogen-bond donors (Lipinski definition) is 1. The Hall–Kier alpha value is -3.76. The number of rotatable bonds is 6. The highest BCUT2D eigenvalue weighted by molar-refractivity contribution is 7.80. The number of nitro groups is 1. The van der Waals surface area contributed by atoms with Gasteiger partial charge in [0.15, 0.2) is 10.9 Å². The third-order valence-corrected chi connectivity index (χ3v) is 4.94. The van der Waals surface area contributed by atoms with E-state index >= 15 is 0 Å². The Bertz CT molecular complexity index is 1260. The number of carbonyl (C=O) groups is 1. The highest BCUT2D eigenvalue weighted by Crippen LogP contribution is 2.31. The van der Waals surface area contributed by atoms with E-state index in [9.17, 15) is 19.3 Å². The fourth-order valence-corrected chi connectivity index (χ4v) is 3.42. The van der Waals surface area contributed by atoms with E-state index < -0.39 is 16.6 Å². The minimum absolute atomic E-state index is 0.0450. The van der Waals surface area contributed by atoms with Crippen LogP contribution in [-0.2, 0) is 11.4 Å². The molecule has 162 valence electrons. The molecule has 1 aliphatic heterocycles. The second kappa shape index (κ2) is 8.77. The van der Waals surface area contributed by atoms with Crippen molar-refractivity contribution >= 4 is 52.3 Å². The highest BCUT2D eigenvalue weighted by Gasteiger charge is 2.32. The first-order valence-electron chi connectivity index (χ1n) is 9.10. The lowest BCUT2D eigenvalue weighted by Crippen LogP contribution is -2.30. The minimum atomic E-state index is -0.591. The molecule has 4 rings (SSSR count). The molecule has 1 aliphatic rings. The molecular formula is C21H13ClFN3O5S. The number of nitrogens with one attached hydrogen (secondary N) is 1. The first kappa shape index (κ1) is 21.5. The molecule has 1 aromatic heterocycles. The molecule has 1 fully saturated rings. The van der Waals surface area contributed by atoms with Crippen LogP contribution in [-0.4, -0.2) is 15.9 Å². The summed E-state index contributed by atoms with van der Waals surface area (Å²) >= 11 is 11.0. The SMILES string of the molecule is O=C1/C(=C\c2ccc(COc3ccc(Cl)cc3[N+](=O)[O-])o2)NC(=S)N1c1ccc(F)cc1. The van der Waals surface area contributed by atoms with Gasteiger partial charge in [-0.1, -0.05) is 11.6 Å². The fourth-order valence-electron chi connectivity index (χ4n) is 2.96. The van der Waals surface area contributed by atoms with Crippen molar-refractivity contribution in [3.63, 3.8) is 0 Å². The first-order chi connectivity index (χ1) is 15.3. The van der Waals surface area contributed by atoms with Crippen molar-refractivity contribution in [2.75, 3.05) is 4.90 Å². The minimum Gasteiger partial charge on any atom is -0.479 e. The Morgan fingerprint density at radius 3 is 2.69 bits per heavy atom. The molecular weight excluding hydrogens is 461 g/mol. The number of hydrogen-bond acceptors (Lipinski definition) is 6. The monoisotopic (exact) mass is 473 g/mol. The summed E-state index contributed by atoms with van der Waals surface area (Å²) in [6.07, 6.45) is 1.46. The van der Waals surface area contributed by atoms with Gasteiger partial charge >= 0.3 is 5.69 Å². The van der Waals surface area contributed by atoms with Gasteiger partial charge in [-0.25, -0.2) is 4.39 Å². The van der Waals surface area contributed by atoms with Crippen molar-refractivity contribution in [2.24, 2.45) is 0 Å². The summed E-state index contributed by atoms with van der Waals surface area (Å²) in [7, 11) is 0. The molecule has 2 aromatic carbocycles. The maximum Gasteiger partial charge on any atom is 0.312 e. The predicted molar refractivity (Wildman–Crippen MR) is 119 cm³/mol. The summed E-state index contributed by atoms with van der Waals surface area (Å²) < 4.78 is 24.3. The zero-order valence-corrected chi connectivity index (χ0v) is 17.7. The maximum atomic E-state index is 13.2. The van der Waals surface area contributed by atoms with Crippen molar-refractivity contribution in [3.8, 4) is 5.75 Å². The van der Waals surface area contributed by atoms with Crippen LogP contribution in [0.25, 0.3) is 6.08 Å². The fraction of sp³-hybridized carbons (Fsp3) is 0.0476. The van der Waals surface area contributed by atoms with E-state index in [-0.39, 0.29) is 33.9 Å². The van der Waals surface area contributed by atoms with Gasteiger partial charge < -0.3 is 14.5 Å². The van der Waals surface area contributed by atoms with E-state index in [0.29, 0.717) is 17.2 Å². The number of thiocarbonyl (C=S) groups is 1. The number of ether oxygens (including phenoxy) is 1. The average Bonchev–Trinajstić information content (AvgIpc) is 3.31. The molecule has 0 unspecified atom stereocenters. The zero-order valence-electron chi connectivity index (χ0n) is 16.1. The van der Waals surface area contributed by atoms with Crippen molar-refractivity contribution in [1.29, 1.82) is 0 Å². The molecule has 11 heteroatoms. The predicted octanol–water partition coefficient (Wildman–Crippen LogP) is 4.82. The Labute approximate surface area is 191 Å². The Kier molecular flexibility index (Phi) is 5.89. The summed E-state index contributed by atoms with van der Waals surface area (Å²) in [5, 5.41) is 14.3. The van der Waals surface area contributed by atoms with Crippen LogP contribution in [0.15, 0.2) is 64.7 Å². The number of benzene rings is 2. The molecule has 1 saturated heterocycles. The number of nitro benzene ring substituents is 1. The zero-order chi connectivity index (χ0) is 22.8. The van der Waals surface area contributed by atoms with Crippen molar-refractivity contribution in [1.82, 2.24) is 5.32 Å². The van der Waals surface area contributed by atoms with E-state index in [4.69, 9.17) is 33.0 Å². The molecule has 3 aromatic rings. The average molecular weight is 474 g/mol. The molecule has 32 heavy (non-hydrogen) atoms. The standard InChI is InChI=1S/C21H13ClFN3O5S/c22-12-1-8-19(18(9-12)26(28)29)30-11-16-7-6-15(31-16)10-17-20(27)25(21(32)24-17)14-4-2-13(23)3-5-14/h1-10H,11H2,(H,24,32)/b17-10+. The molecule has 0 radical (unpaired) electrons. The van der Waals surface area contributed by atoms with Gasteiger partial charge in [0.05, 0.1) is 10.6 Å². The molecule has 2 heterocycles. The van der Waals surface area contributed by atoms with Crippen molar-refractivity contribution in [3.05, 3.63) is 92.8 Å². The number of amides is 1. The Balaban J connectivity index is 1.47. The van der Waals surface area contributed by atoms with Gasteiger partial charge in [0.2, 0.25) is 0 Å². The van der Waals surface area contributed by atoms with E-state index in [2.05, 4.69) is 5.32 Å². The summed E-state index contributed by atoms with van der Waals surface area (Å²) in [5.41, 5.74) is 0.339. The Morgan fingerprint density at radius 1 is 1.22 bits per heavy atom. The Morgan fingerprint density at radius 2 is 1.97 bits per heavy atom. The van der Waals surface area contributed by atoms with Crippen molar-refractivity contribution < 1.29 is 23.3 Å². The van der Waals surface area contributed by atoms with E-state index in [0.717, 1.165) is 0 Å². The van der Waals surface area contributed by atoms with Crippen molar-refractivity contribution in [2.45, 2.75) is 6.61 Å². The molecule has 0 spiro atoms. The normalized spacial score (nSPS) is 14.7. The summed E-state index contributed by atoms with van der Waals surface area (Å²) in [4.78, 5) is 24.5. The third kappa shape index (κ3) is 4.46. The van der Waals surface area contributed by atoms with Crippen LogP contribution in [0.2, 0.25) is 5.02 Å². The van der Waals surface area contributed by atoms with Crippen LogP contribution in [0.4, 0.5) is 15.8 Å². The quantitative estimate of drug-likeness (QED) is 0.237. The van der Waals surface area contributed by atoms with Crippen LogP contribution in [0.1, 0.15) is 11.5 Å². The molecule has 0 aliphatic carbocycles. The number of halogens is 2. The van der Waals surface area contributed by atoms with E-state index in [1.165, 1.54) is 53.4 Å². The lowest BCUT2D eigenvalue weighted by molar-refractivity contribution is -0.385. The molecule has 8 nitrogen and oxygen atoms in total. The van der Waals surface area contributed by atoms with Crippen LogP contribution >= 0.6 is 23.8 Å². The van der Waals surface area contributed by atoms with Gasteiger partial charge in [0.1, 0.15) is 29.6 Å². The lowest BCUT2D eigenvalue weighted by atomic mass is 10.2. The number of furan rings is 1. The van der Waals surface area contributed by atoms with Crippen LogP contribution in [0.3, 0.4) is 0 Å². The maximum absolute atomic E-state index is 13.2. The van der Waals surface area contributed by atoms with Gasteiger partial charge in [-0.3, -0.25) is 19.8 Å². The first-order valence-corrected chi connectivity index (χ1v) is 9.88. The summed E-state index contributed by atoms with van der Waals surface area (Å²) in [6.45, 7) is -0.0763. The van der Waals surface area contributed by atoms with Gasteiger partial charge in [-0.05, 0) is 60.7 Å². The van der Waals surface area contributed by atoms with Crippen LogP contribution < -0.4 is 15.0 Å². The highest BCUT2D eigenvalue weighted by atomic mass is 35.5. The molecule has 0 saturated carbocycles. The summed E-state index contributed by atoms with van der Waals surface area (Å²) in [5.74, 6) is -0.0844. The topological polar surface area (TPSA) is 97.8 Å². The van der Waals surface area contributed by atoms with E-state index in [1.807, 2.05) is 0 Å². The van der Waals surface area contributed by atoms with Crippen LogP contribution in [0.5, 0.6) is 5.75 Å². The van der Waals surface area contributed by atoms with E-state index in [1.54, 1.807) is 12.1 Å². The lowest BCUT2D eigenvalue weighted by Gasteiger charge is -2.13. The van der Waals surface area contributed by atoms with Gasteiger partial charge in [-0.2, -0.15) is 0 Å². The molecule has 1 N–H and O–H groups in total. The smallest absolute Gasteiger partial charge is 0.312 e. The molecule has 1 amide bonds. The van der Waals surface area contributed by atoms with Gasteiger partial charge in [0, 0.05) is 17.2 Å². The second-order valence-corrected chi connectivity index (χ2v) is 7.39. The second-order valence-electron chi connectivity index (χ2n) is 6.57. The number of anilines is 1. The number of carbonyl (C=O) groups excluding carboxylic acids is 1. The number of nitrogens with zero attached hydrogens (tertiary/aromatic N) is 2. The van der Waals surface area contributed by atoms with Gasteiger partial charge in [-0.15, -0.1) is 0 Å². The largest absolute Gasteiger partial charge is 0.479 e. The van der Waals surface area contributed by atoms with Crippen LogP contribution in [0, 0.1) is 15.9 Å². The molecule has 0 bridgehead atoms.